The molecule has 0 aromatic heterocycles. The largest absolute Gasteiger partial charge is 0.465 e. The minimum Gasteiger partial charge on any atom is -0.465 e. The number of ether oxygens (including phenoxy) is 26. The quantitative estimate of drug-likeness (QED) is 0.0238. The second-order valence-corrected chi connectivity index (χ2v) is 27.3. The Morgan fingerprint density at radius 2 is 0.706 bits per heavy atom. The normalized spacial score (nSPS) is 31.1. The van der Waals surface area contributed by atoms with Gasteiger partial charge in [-0.05, 0) is 76.5 Å². The summed E-state index contributed by atoms with van der Waals surface area (Å²) in [4.78, 5) is 12.0. The van der Waals surface area contributed by atoms with E-state index < -0.39 is 0 Å². The first-order valence-corrected chi connectivity index (χ1v) is 34.8. The van der Waals surface area contributed by atoms with Crippen LogP contribution in [-0.2, 0) is 128 Å². The highest BCUT2D eigenvalue weighted by Crippen LogP contribution is 2.51. The van der Waals surface area contributed by atoms with Crippen LogP contribution in [0.5, 0.6) is 0 Å². The molecule has 3 aliphatic carbocycles. The van der Waals surface area contributed by atoms with Gasteiger partial charge in [0.1, 0.15) is 73.9 Å². The molecule has 15 rings (SSSR count). The number of epoxide rings is 12. The molecule has 3 saturated carbocycles. The predicted molar refractivity (Wildman–Crippen MR) is 389 cm³/mol. The molecule has 27 nitrogen and oxygen atoms in total. The third-order valence-corrected chi connectivity index (χ3v) is 16.4. The van der Waals surface area contributed by atoms with Gasteiger partial charge < -0.3 is 123 Å². The van der Waals surface area contributed by atoms with Crippen LogP contribution in [0.3, 0.4) is 0 Å². The predicted octanol–water partition coefficient (Wildman–Crippen LogP) is 8.78. The van der Waals surface area contributed by atoms with Crippen molar-refractivity contribution in [2.75, 3.05) is 233 Å². The van der Waals surface area contributed by atoms with E-state index >= 15 is 0 Å². The number of hydrogen-bond acceptors (Lipinski definition) is 27. The molecular weight excluding hydrogens is 1330 g/mol. The molecule has 19 atom stereocenters. The molecule has 19 unspecified atom stereocenters. The number of esters is 1. The summed E-state index contributed by atoms with van der Waals surface area (Å²) in [6.07, 6.45) is 13.4. The second kappa shape index (κ2) is 57.5. The van der Waals surface area contributed by atoms with Crippen LogP contribution < -0.4 is 0 Å². The van der Waals surface area contributed by atoms with Crippen molar-refractivity contribution in [3.63, 3.8) is 0 Å². The molecule has 15 aliphatic rings. The van der Waals surface area contributed by atoms with Crippen LogP contribution in [0.25, 0.3) is 0 Å². The average Bonchev–Trinajstić information content (AvgIpc) is 1.66. The molecule has 12 aliphatic heterocycles. The van der Waals surface area contributed by atoms with Crippen molar-refractivity contribution in [2.45, 2.75) is 224 Å². The molecule has 0 N–H and O–H groups in total. The molecule has 0 aromatic rings. The highest BCUT2D eigenvalue weighted by atomic mass is 16.7. The highest BCUT2D eigenvalue weighted by Gasteiger charge is 2.46. The highest BCUT2D eigenvalue weighted by molar-refractivity contribution is 5.72. The molecule has 12 saturated heterocycles. The summed E-state index contributed by atoms with van der Waals surface area (Å²) < 4.78 is 134. The Labute approximate surface area is 617 Å². The Morgan fingerprint density at radius 3 is 1.05 bits per heavy atom. The molecular formula is C75H150O27. The van der Waals surface area contributed by atoms with E-state index in [1.54, 1.807) is 21.3 Å². The van der Waals surface area contributed by atoms with E-state index in [4.69, 9.17) is 118 Å². The van der Waals surface area contributed by atoms with Crippen molar-refractivity contribution >= 4 is 5.97 Å². The van der Waals surface area contributed by atoms with Crippen LogP contribution in [0.15, 0.2) is 0 Å². The maximum Gasteiger partial charge on any atom is 0.308 e. The van der Waals surface area contributed by atoms with Gasteiger partial charge in [0.2, 0.25) is 0 Å². The van der Waals surface area contributed by atoms with Crippen molar-refractivity contribution in [1.82, 2.24) is 0 Å². The van der Waals surface area contributed by atoms with Crippen LogP contribution in [0.2, 0.25) is 0 Å². The Kier molecular flexibility index (Phi) is 56.7. The topological polar surface area (TPSA) is 297 Å². The van der Waals surface area contributed by atoms with Gasteiger partial charge in [-0.1, -0.05) is 73.3 Å². The van der Waals surface area contributed by atoms with Gasteiger partial charge in [0.15, 0.2) is 0 Å². The standard InChI is InChI=1S/C15H22O3.C11H20O4.C9H16O4.2C8H14O4.C7H12O4.C7H14O3.C2H6O.8CH4/c16-15(11-3-2-10-6-12(10)7-11)17-8-9-1-4-13-14(5-9)18-13;1-11(2,7-12-3-9-5-14-9)8-13-4-10-6-15-10;1-7(11-4-9-6-13-9)2-10-3-8-5-12-8;2*1(9-3-7-5-11-7)2-10-4-8-6-12-8;1(6-3-10-6)8-5-9-2-7-4-11-7;1-6(3-8-2)9-4-7-5-10-7;1-3-2;;;;;;;;/h9-14H,1-8H2;9-10H,3-8H2,1-2H3;7-9H,2-6H2,1H3;2*7-8H,1-6H2;6-7H,1-5H2;6-7H,3-5H2,1-2H3;1-2H3;8*1H4. The Morgan fingerprint density at radius 1 is 0.373 bits per heavy atom. The average molecular weight is 1480 g/mol. The van der Waals surface area contributed by atoms with Crippen molar-refractivity contribution in [3.05, 3.63) is 0 Å². The third kappa shape index (κ3) is 55.8. The van der Waals surface area contributed by atoms with E-state index in [-0.39, 0.29) is 88.9 Å². The summed E-state index contributed by atoms with van der Waals surface area (Å²) in [5.41, 5.74) is 0.0732. The Bertz CT molecular complexity index is 1830. The van der Waals surface area contributed by atoms with E-state index in [0.717, 1.165) is 130 Å². The number of carbonyl (C=O) groups is 1. The molecule has 0 bridgehead atoms. The monoisotopic (exact) mass is 1480 g/mol. The lowest BCUT2D eigenvalue weighted by Gasteiger charge is -2.23. The molecule has 15 fully saturated rings. The molecule has 102 heavy (non-hydrogen) atoms. The molecule has 0 aromatic carbocycles. The maximum absolute atomic E-state index is 12.0. The minimum atomic E-state index is 0. The van der Waals surface area contributed by atoms with E-state index in [9.17, 15) is 4.79 Å². The van der Waals surface area contributed by atoms with Gasteiger partial charge in [-0.25, -0.2) is 0 Å². The van der Waals surface area contributed by atoms with E-state index in [2.05, 4.69) is 18.6 Å². The number of methoxy groups -OCH3 is 2. The van der Waals surface area contributed by atoms with E-state index in [1.165, 1.54) is 25.7 Å². The first-order chi connectivity index (χ1) is 45.9. The smallest absolute Gasteiger partial charge is 0.308 e. The lowest BCUT2D eigenvalue weighted by Crippen LogP contribution is -2.27. The second-order valence-electron chi connectivity index (χ2n) is 27.3. The third-order valence-electron chi connectivity index (χ3n) is 16.4. The van der Waals surface area contributed by atoms with E-state index in [1.807, 2.05) is 13.8 Å². The molecule has 12 heterocycles. The van der Waals surface area contributed by atoms with Crippen LogP contribution in [-0.4, -0.2) is 330 Å². The molecule has 27 heteroatoms. The van der Waals surface area contributed by atoms with Crippen molar-refractivity contribution < 1.29 is 128 Å². The van der Waals surface area contributed by atoms with Crippen molar-refractivity contribution in [2.24, 2.45) is 29.1 Å². The van der Waals surface area contributed by atoms with Gasteiger partial charge in [-0.2, -0.15) is 0 Å². The fourth-order valence-electron chi connectivity index (χ4n) is 9.56. The lowest BCUT2D eigenvalue weighted by molar-refractivity contribution is -0.151. The van der Waals surface area contributed by atoms with Crippen LogP contribution >= 0.6 is 0 Å². The number of fused-ring (bicyclic) bond motifs is 2. The summed E-state index contributed by atoms with van der Waals surface area (Å²) >= 11 is 0. The zero-order valence-electron chi connectivity index (χ0n) is 57.6. The van der Waals surface area contributed by atoms with Crippen LogP contribution in [0.4, 0.5) is 0 Å². The van der Waals surface area contributed by atoms with Crippen molar-refractivity contribution in [3.8, 4) is 0 Å². The first-order valence-electron chi connectivity index (χ1n) is 34.8. The SMILES string of the molecule is C.C.C.C.C.C.C.C.C(COCC1CO1)OCC1CO1.C(COCC1CO1)OCC1CO1.C(OCC1CO1)OCC1CO1.CC(C)(COCC1CO1)COCC1CO1.CC(COCC1CO1)OCC1CO1.COC.COCC(C)OCC1CO1.O=C(OCC1CCC2OC2C1)C1CCC2CC2C1. The van der Waals surface area contributed by atoms with Gasteiger partial charge in [-0.3, -0.25) is 4.79 Å². The zero-order chi connectivity index (χ0) is 66.0. The Balaban J connectivity index is 0.00000115. The summed E-state index contributed by atoms with van der Waals surface area (Å²) in [5, 5.41) is 0. The molecule has 0 amide bonds. The van der Waals surface area contributed by atoms with Gasteiger partial charge >= 0.3 is 5.97 Å². The summed E-state index contributed by atoms with van der Waals surface area (Å²) in [5.74, 6) is 2.65. The lowest BCUT2D eigenvalue weighted by atomic mass is 9.88. The fraction of sp³-hybridized carbons (Fsp3) is 0.987. The molecule has 0 spiro atoms. The summed E-state index contributed by atoms with van der Waals surface area (Å²) in [6.45, 7) is 31.8. The van der Waals surface area contributed by atoms with Gasteiger partial charge in [0.25, 0.3) is 0 Å². The summed E-state index contributed by atoms with van der Waals surface area (Å²) in [7, 11) is 4.92. The Hall–Kier alpha value is -1.53. The fourth-order valence-corrected chi connectivity index (χ4v) is 9.56. The van der Waals surface area contributed by atoms with Crippen LogP contribution in [0.1, 0.15) is 132 Å². The van der Waals surface area contributed by atoms with Gasteiger partial charge in [-0.15, -0.1) is 0 Å². The number of carbonyl (C=O) groups excluding carboxylic acids is 1. The van der Waals surface area contributed by atoms with Gasteiger partial charge in [0.05, 0.1) is 235 Å². The molecule has 0 radical (unpaired) electrons. The zero-order valence-corrected chi connectivity index (χ0v) is 57.6. The summed E-state index contributed by atoms with van der Waals surface area (Å²) in [6, 6.07) is 0. The number of hydrogen-bond donors (Lipinski definition) is 0. The van der Waals surface area contributed by atoms with E-state index in [0.29, 0.717) is 198 Å². The molecule has 612 valence electrons. The van der Waals surface area contributed by atoms with Crippen LogP contribution in [0, 0.1) is 29.1 Å². The minimum absolute atomic E-state index is 0. The number of rotatable bonds is 43. The van der Waals surface area contributed by atoms with Gasteiger partial charge in [0, 0.05) is 26.7 Å². The van der Waals surface area contributed by atoms with Crippen molar-refractivity contribution in [1.29, 1.82) is 0 Å². The maximum atomic E-state index is 12.0. The first kappa shape index (κ1) is 100.